The summed E-state index contributed by atoms with van der Waals surface area (Å²) in [4.78, 5) is 0. The van der Waals surface area contributed by atoms with E-state index < -0.39 is 0 Å². The molecule has 0 spiro atoms. The van der Waals surface area contributed by atoms with Gasteiger partial charge in [0.2, 0.25) is 0 Å². The highest BCUT2D eigenvalue weighted by atomic mass is 14.7. The maximum atomic E-state index is 6.41. The molecule has 1 aromatic rings. The Morgan fingerprint density at radius 3 is 2.44 bits per heavy atom. The van der Waals surface area contributed by atoms with Crippen LogP contribution in [0.1, 0.15) is 42.0 Å². The van der Waals surface area contributed by atoms with Crippen molar-refractivity contribution in [3.05, 3.63) is 34.9 Å². The molecule has 2 N–H and O–H groups in total. The van der Waals surface area contributed by atoms with E-state index in [1.807, 2.05) is 0 Å². The fourth-order valence-electron chi connectivity index (χ4n) is 3.60. The Morgan fingerprint density at radius 2 is 1.81 bits per heavy atom. The quantitative estimate of drug-likeness (QED) is 0.804. The van der Waals surface area contributed by atoms with Crippen molar-refractivity contribution in [1.82, 2.24) is 0 Å². The van der Waals surface area contributed by atoms with Gasteiger partial charge in [0.15, 0.2) is 0 Å². The summed E-state index contributed by atoms with van der Waals surface area (Å²) in [5.41, 5.74) is 10.5. The van der Waals surface area contributed by atoms with Gasteiger partial charge in [0, 0.05) is 6.04 Å². The van der Waals surface area contributed by atoms with E-state index >= 15 is 0 Å². The van der Waals surface area contributed by atoms with Crippen LogP contribution in [0.4, 0.5) is 0 Å². The van der Waals surface area contributed by atoms with Crippen molar-refractivity contribution in [3.63, 3.8) is 0 Å². The first-order valence-corrected chi connectivity index (χ1v) is 6.51. The first-order chi connectivity index (χ1) is 7.68. The molecule has 3 atom stereocenters. The zero-order valence-electron chi connectivity index (χ0n) is 10.2. The van der Waals surface area contributed by atoms with Crippen LogP contribution in [0, 0.1) is 31.6 Å². The van der Waals surface area contributed by atoms with Crippen LogP contribution in [0.25, 0.3) is 0 Å². The third kappa shape index (κ3) is 1.49. The molecular weight excluding hydrogens is 194 g/mol. The van der Waals surface area contributed by atoms with Crippen molar-refractivity contribution in [3.8, 4) is 0 Å². The standard InChI is InChI=1S/C15H21N/c1-9-6-7-11(8-10(9)2)15(16)14-12-4-3-5-13(12)14/h6-8,12-15H,3-5,16H2,1-2H3. The summed E-state index contributed by atoms with van der Waals surface area (Å²) in [6, 6.07) is 7.01. The summed E-state index contributed by atoms with van der Waals surface area (Å²) >= 11 is 0. The first-order valence-electron chi connectivity index (χ1n) is 6.51. The molecule has 16 heavy (non-hydrogen) atoms. The molecule has 1 nitrogen and oxygen atoms in total. The summed E-state index contributed by atoms with van der Waals surface area (Å²) in [6.45, 7) is 4.34. The van der Waals surface area contributed by atoms with Crippen molar-refractivity contribution < 1.29 is 0 Å². The molecule has 3 rings (SSSR count). The van der Waals surface area contributed by atoms with E-state index in [1.165, 1.54) is 36.0 Å². The number of benzene rings is 1. The summed E-state index contributed by atoms with van der Waals surface area (Å²) < 4.78 is 0. The third-order valence-electron chi connectivity index (χ3n) is 4.80. The molecule has 0 heterocycles. The molecule has 0 aromatic heterocycles. The maximum absolute atomic E-state index is 6.41. The Hall–Kier alpha value is -0.820. The molecule has 3 unspecified atom stereocenters. The SMILES string of the molecule is Cc1ccc(C(N)C2C3CCCC32)cc1C. The number of hydrogen-bond acceptors (Lipinski definition) is 1. The molecule has 0 amide bonds. The lowest BCUT2D eigenvalue weighted by atomic mass is 9.95. The van der Waals surface area contributed by atoms with Crippen LogP contribution in [-0.2, 0) is 0 Å². The smallest absolute Gasteiger partial charge is 0.0329 e. The van der Waals surface area contributed by atoms with Crippen LogP contribution >= 0.6 is 0 Å². The minimum Gasteiger partial charge on any atom is -0.324 e. The van der Waals surface area contributed by atoms with E-state index in [2.05, 4.69) is 32.0 Å². The molecular formula is C15H21N. The maximum Gasteiger partial charge on any atom is 0.0329 e. The first kappa shape index (κ1) is 10.3. The van der Waals surface area contributed by atoms with Gasteiger partial charge in [-0.2, -0.15) is 0 Å². The summed E-state index contributed by atoms with van der Waals surface area (Å²) in [5, 5.41) is 0. The van der Waals surface area contributed by atoms with Gasteiger partial charge in [-0.3, -0.25) is 0 Å². The topological polar surface area (TPSA) is 26.0 Å². The minimum atomic E-state index is 0.287. The van der Waals surface area contributed by atoms with Crippen LogP contribution in [0.3, 0.4) is 0 Å². The average molecular weight is 215 g/mol. The molecule has 0 saturated heterocycles. The van der Waals surface area contributed by atoms with Crippen LogP contribution in [-0.4, -0.2) is 0 Å². The fourth-order valence-corrected chi connectivity index (χ4v) is 3.60. The van der Waals surface area contributed by atoms with Gasteiger partial charge in [-0.15, -0.1) is 0 Å². The second-order valence-electron chi connectivity index (χ2n) is 5.71. The van der Waals surface area contributed by atoms with Crippen molar-refractivity contribution in [2.45, 2.75) is 39.2 Å². The Morgan fingerprint density at radius 1 is 1.12 bits per heavy atom. The number of aryl methyl sites for hydroxylation is 2. The van der Waals surface area contributed by atoms with E-state index in [9.17, 15) is 0 Å². The van der Waals surface area contributed by atoms with Gasteiger partial charge < -0.3 is 5.73 Å². The largest absolute Gasteiger partial charge is 0.324 e. The lowest BCUT2D eigenvalue weighted by Crippen LogP contribution is -2.15. The Labute approximate surface area is 98.0 Å². The van der Waals surface area contributed by atoms with Crippen molar-refractivity contribution in [2.24, 2.45) is 23.5 Å². The third-order valence-corrected chi connectivity index (χ3v) is 4.80. The number of nitrogens with two attached hydrogens (primary N) is 1. The predicted octanol–water partition coefficient (Wildman–Crippen LogP) is 3.35. The predicted molar refractivity (Wildman–Crippen MR) is 67.2 cm³/mol. The lowest BCUT2D eigenvalue weighted by molar-refractivity contribution is 0.501. The van der Waals surface area contributed by atoms with Crippen LogP contribution in [0.15, 0.2) is 18.2 Å². The van der Waals surface area contributed by atoms with Gasteiger partial charge in [-0.1, -0.05) is 24.6 Å². The summed E-state index contributed by atoms with van der Waals surface area (Å²) in [6.07, 6.45) is 4.28. The number of hydrogen-bond donors (Lipinski definition) is 1. The van der Waals surface area contributed by atoms with E-state index in [-0.39, 0.29) is 6.04 Å². The van der Waals surface area contributed by atoms with Gasteiger partial charge in [0.1, 0.15) is 0 Å². The van der Waals surface area contributed by atoms with Gasteiger partial charge >= 0.3 is 0 Å². The molecule has 2 saturated carbocycles. The van der Waals surface area contributed by atoms with Crippen LogP contribution < -0.4 is 5.73 Å². The van der Waals surface area contributed by atoms with Gasteiger partial charge in [-0.25, -0.2) is 0 Å². The zero-order valence-corrected chi connectivity index (χ0v) is 10.2. The van der Waals surface area contributed by atoms with Gasteiger partial charge in [0.05, 0.1) is 0 Å². The second-order valence-corrected chi connectivity index (χ2v) is 5.71. The minimum absolute atomic E-state index is 0.287. The molecule has 2 aliphatic rings. The highest BCUT2D eigenvalue weighted by Gasteiger charge is 2.55. The molecule has 2 fully saturated rings. The normalized spacial score (nSPS) is 33.6. The van der Waals surface area contributed by atoms with E-state index in [4.69, 9.17) is 5.73 Å². The molecule has 1 aromatic carbocycles. The Balaban J connectivity index is 1.79. The second kappa shape index (κ2) is 3.59. The Bertz CT molecular complexity index is 400. The van der Waals surface area contributed by atoms with E-state index in [1.54, 1.807) is 0 Å². The molecule has 0 radical (unpaired) electrons. The van der Waals surface area contributed by atoms with Crippen LogP contribution in [0.2, 0.25) is 0 Å². The number of rotatable bonds is 2. The van der Waals surface area contributed by atoms with Crippen molar-refractivity contribution in [1.29, 1.82) is 0 Å². The van der Waals surface area contributed by atoms with E-state index in [0.717, 1.165) is 17.8 Å². The molecule has 1 heteroatoms. The molecule has 2 aliphatic carbocycles. The highest BCUT2D eigenvalue weighted by Crippen LogP contribution is 2.61. The molecule has 0 bridgehead atoms. The zero-order chi connectivity index (χ0) is 11.3. The summed E-state index contributed by atoms with van der Waals surface area (Å²) in [7, 11) is 0. The van der Waals surface area contributed by atoms with E-state index in [0.29, 0.717) is 0 Å². The van der Waals surface area contributed by atoms with Crippen molar-refractivity contribution >= 4 is 0 Å². The Kier molecular flexibility index (Phi) is 2.32. The lowest BCUT2D eigenvalue weighted by Gasteiger charge is -2.15. The van der Waals surface area contributed by atoms with Gasteiger partial charge in [-0.05, 0) is 61.1 Å². The number of fused-ring (bicyclic) bond motifs is 1. The van der Waals surface area contributed by atoms with Crippen molar-refractivity contribution in [2.75, 3.05) is 0 Å². The van der Waals surface area contributed by atoms with Crippen LogP contribution in [0.5, 0.6) is 0 Å². The monoisotopic (exact) mass is 215 g/mol. The average Bonchev–Trinajstić information content (AvgIpc) is 2.74. The molecule has 86 valence electrons. The summed E-state index contributed by atoms with van der Waals surface area (Å²) in [5.74, 6) is 2.70. The fraction of sp³-hybridized carbons (Fsp3) is 0.600. The highest BCUT2D eigenvalue weighted by molar-refractivity contribution is 5.33. The van der Waals surface area contributed by atoms with Gasteiger partial charge in [0.25, 0.3) is 0 Å². The molecule has 0 aliphatic heterocycles.